The number of nitrogens with one attached hydrogen (secondary N) is 1. The molecule has 1 aromatic carbocycles. The first kappa shape index (κ1) is 17.6. The predicted molar refractivity (Wildman–Crippen MR) is 101 cm³/mol. The van der Waals surface area contributed by atoms with Crippen LogP contribution >= 0.6 is 0 Å². The van der Waals surface area contributed by atoms with Crippen LogP contribution in [-0.4, -0.2) is 43.7 Å². The number of rotatable bonds is 6. The number of benzene rings is 1. The molecule has 142 valence electrons. The minimum absolute atomic E-state index is 0.00565. The molecule has 0 bridgehead atoms. The topological polar surface area (TPSA) is 69.7 Å². The zero-order chi connectivity index (χ0) is 18.3. The molecule has 3 fully saturated rings. The minimum atomic E-state index is -3.18. The number of hydrogen-bond donors (Lipinski definition) is 1. The van der Waals surface area contributed by atoms with Crippen LogP contribution in [0.3, 0.4) is 0 Å². The van der Waals surface area contributed by atoms with Gasteiger partial charge in [0, 0.05) is 25.2 Å². The van der Waals surface area contributed by atoms with Gasteiger partial charge in [0.15, 0.2) is 0 Å². The fraction of sp³-hybridized carbons (Fsp3) is 0.632. The van der Waals surface area contributed by atoms with Crippen LogP contribution in [0, 0.1) is 5.92 Å². The molecule has 7 heteroatoms. The molecule has 4 rings (SSSR count). The van der Waals surface area contributed by atoms with Gasteiger partial charge in [-0.05, 0) is 62.6 Å². The Labute approximate surface area is 155 Å². The summed E-state index contributed by atoms with van der Waals surface area (Å²) in [6, 6.07) is 8.18. The van der Waals surface area contributed by atoms with Gasteiger partial charge in [0.05, 0.1) is 11.4 Å². The third kappa shape index (κ3) is 3.68. The maximum atomic E-state index is 12.7. The van der Waals surface area contributed by atoms with Gasteiger partial charge in [-0.25, -0.2) is 13.2 Å². The van der Waals surface area contributed by atoms with Crippen LogP contribution < -0.4 is 9.62 Å². The molecule has 2 saturated carbocycles. The Morgan fingerprint density at radius 1 is 1.31 bits per heavy atom. The Bertz CT molecular complexity index is 787. The van der Waals surface area contributed by atoms with Crippen molar-refractivity contribution >= 4 is 21.7 Å². The summed E-state index contributed by atoms with van der Waals surface area (Å²) in [5.74, 6) is 0.869. The number of carbonyl (C=O) groups is 1. The van der Waals surface area contributed by atoms with E-state index in [2.05, 4.69) is 12.2 Å². The predicted octanol–water partition coefficient (Wildman–Crippen LogP) is 2.70. The van der Waals surface area contributed by atoms with Gasteiger partial charge in [0.2, 0.25) is 10.0 Å². The smallest absolute Gasteiger partial charge is 0.318 e. The molecule has 3 aliphatic rings. The van der Waals surface area contributed by atoms with Crippen molar-refractivity contribution in [1.29, 1.82) is 0 Å². The average molecular weight is 378 g/mol. The molecule has 6 nitrogen and oxygen atoms in total. The first-order valence-electron chi connectivity index (χ1n) is 9.61. The Morgan fingerprint density at radius 3 is 2.69 bits per heavy atom. The van der Waals surface area contributed by atoms with Crippen molar-refractivity contribution in [3.8, 4) is 0 Å². The van der Waals surface area contributed by atoms with Crippen molar-refractivity contribution < 1.29 is 13.2 Å². The summed E-state index contributed by atoms with van der Waals surface area (Å²) in [5.41, 5.74) is 1.62. The van der Waals surface area contributed by atoms with Gasteiger partial charge >= 0.3 is 6.03 Å². The molecule has 1 aliphatic heterocycles. The maximum absolute atomic E-state index is 12.7. The Kier molecular flexibility index (Phi) is 4.59. The lowest BCUT2D eigenvalue weighted by Gasteiger charge is -2.29. The quantitative estimate of drug-likeness (QED) is 0.829. The van der Waals surface area contributed by atoms with Crippen LogP contribution in [0.4, 0.5) is 10.5 Å². The van der Waals surface area contributed by atoms with Crippen LogP contribution in [-0.2, 0) is 16.6 Å². The van der Waals surface area contributed by atoms with Crippen LogP contribution in [0.15, 0.2) is 24.3 Å². The van der Waals surface area contributed by atoms with E-state index in [9.17, 15) is 13.2 Å². The molecular formula is C19H27N3O3S. The largest absolute Gasteiger partial charge is 0.334 e. The van der Waals surface area contributed by atoms with Crippen LogP contribution in [0.25, 0.3) is 0 Å². The SMILES string of the molecule is CC(C1CC1)N(C(=O)NCc1cccc(N2CCCS2(=O)=O)c1)C1CC1. The summed E-state index contributed by atoms with van der Waals surface area (Å²) >= 11 is 0. The zero-order valence-electron chi connectivity index (χ0n) is 15.2. The first-order chi connectivity index (χ1) is 12.5. The molecule has 0 radical (unpaired) electrons. The number of amides is 2. The molecule has 0 aromatic heterocycles. The van der Waals surface area contributed by atoms with Crippen LogP contribution in [0.2, 0.25) is 0 Å². The molecule has 1 aromatic rings. The number of sulfonamides is 1. The summed E-state index contributed by atoms with van der Waals surface area (Å²) in [4.78, 5) is 14.8. The number of urea groups is 1. The fourth-order valence-corrected chi connectivity index (χ4v) is 5.42. The molecule has 2 aliphatic carbocycles. The summed E-state index contributed by atoms with van der Waals surface area (Å²) in [5, 5.41) is 3.04. The minimum Gasteiger partial charge on any atom is -0.334 e. The standard InChI is InChI=1S/C19H27N3O3S/c1-14(16-6-7-16)22(17-8-9-17)19(23)20-13-15-4-2-5-18(12-15)21-10-3-11-26(21,24)25/h2,4-5,12,14,16-17H,3,6-11,13H2,1H3,(H,20,23). The van der Waals surface area contributed by atoms with E-state index in [1.165, 1.54) is 17.1 Å². The molecule has 0 spiro atoms. The van der Waals surface area contributed by atoms with Crippen molar-refractivity contribution in [2.45, 2.75) is 57.7 Å². The van der Waals surface area contributed by atoms with E-state index < -0.39 is 10.0 Å². The summed E-state index contributed by atoms with van der Waals surface area (Å²) in [6.07, 6.45) is 5.33. The summed E-state index contributed by atoms with van der Waals surface area (Å²) < 4.78 is 25.7. The second-order valence-electron chi connectivity index (χ2n) is 7.79. The number of nitrogens with zero attached hydrogens (tertiary/aromatic N) is 2. The van der Waals surface area contributed by atoms with E-state index in [4.69, 9.17) is 0 Å². The summed E-state index contributed by atoms with van der Waals surface area (Å²) in [7, 11) is -3.18. The molecule has 2 amide bonds. The van der Waals surface area contributed by atoms with Crippen molar-refractivity contribution in [2.24, 2.45) is 5.92 Å². The monoisotopic (exact) mass is 377 g/mol. The van der Waals surface area contributed by atoms with E-state index in [0.717, 1.165) is 18.4 Å². The number of carbonyl (C=O) groups excluding carboxylic acids is 1. The van der Waals surface area contributed by atoms with Crippen LogP contribution in [0.5, 0.6) is 0 Å². The van der Waals surface area contributed by atoms with Crippen molar-refractivity contribution in [2.75, 3.05) is 16.6 Å². The van der Waals surface area contributed by atoms with E-state index in [1.54, 1.807) is 0 Å². The van der Waals surface area contributed by atoms with Gasteiger partial charge in [-0.15, -0.1) is 0 Å². The van der Waals surface area contributed by atoms with Gasteiger partial charge in [-0.2, -0.15) is 0 Å². The highest BCUT2D eigenvalue weighted by Gasteiger charge is 2.41. The zero-order valence-corrected chi connectivity index (χ0v) is 16.0. The van der Waals surface area contributed by atoms with Gasteiger partial charge in [0.1, 0.15) is 0 Å². The van der Waals surface area contributed by atoms with Gasteiger partial charge in [-0.3, -0.25) is 4.31 Å². The third-order valence-electron chi connectivity index (χ3n) is 5.66. The molecule has 1 unspecified atom stereocenters. The highest BCUT2D eigenvalue weighted by atomic mass is 32.2. The normalized spacial score (nSPS) is 22.9. The van der Waals surface area contributed by atoms with E-state index in [0.29, 0.717) is 43.2 Å². The van der Waals surface area contributed by atoms with E-state index in [1.807, 2.05) is 29.2 Å². The Morgan fingerprint density at radius 2 is 2.08 bits per heavy atom. The molecule has 26 heavy (non-hydrogen) atoms. The molecular weight excluding hydrogens is 350 g/mol. The second-order valence-corrected chi connectivity index (χ2v) is 9.80. The van der Waals surface area contributed by atoms with Crippen molar-refractivity contribution in [3.63, 3.8) is 0 Å². The lowest BCUT2D eigenvalue weighted by atomic mass is 10.2. The Hall–Kier alpha value is -1.76. The lowest BCUT2D eigenvalue weighted by Crippen LogP contribution is -2.47. The first-order valence-corrected chi connectivity index (χ1v) is 11.2. The number of anilines is 1. The molecule has 1 atom stereocenters. The second kappa shape index (κ2) is 6.76. The van der Waals surface area contributed by atoms with Crippen LogP contribution in [0.1, 0.15) is 44.6 Å². The van der Waals surface area contributed by atoms with E-state index >= 15 is 0 Å². The summed E-state index contributed by atoms with van der Waals surface area (Å²) in [6.45, 7) is 3.11. The maximum Gasteiger partial charge on any atom is 0.318 e. The fourth-order valence-electron chi connectivity index (χ4n) is 3.86. The Balaban J connectivity index is 1.41. The van der Waals surface area contributed by atoms with Gasteiger partial charge < -0.3 is 10.2 Å². The van der Waals surface area contributed by atoms with Crippen molar-refractivity contribution in [1.82, 2.24) is 10.2 Å². The molecule has 1 saturated heterocycles. The molecule has 1 heterocycles. The average Bonchev–Trinajstić information content (AvgIpc) is 3.51. The molecule has 1 N–H and O–H groups in total. The third-order valence-corrected chi connectivity index (χ3v) is 7.53. The van der Waals surface area contributed by atoms with Crippen molar-refractivity contribution in [3.05, 3.63) is 29.8 Å². The number of hydrogen-bond acceptors (Lipinski definition) is 3. The highest BCUT2D eigenvalue weighted by molar-refractivity contribution is 7.93. The highest BCUT2D eigenvalue weighted by Crippen LogP contribution is 2.39. The lowest BCUT2D eigenvalue weighted by molar-refractivity contribution is 0.166. The van der Waals surface area contributed by atoms with Gasteiger partial charge in [0.25, 0.3) is 0 Å². The van der Waals surface area contributed by atoms with E-state index in [-0.39, 0.29) is 11.8 Å². The van der Waals surface area contributed by atoms with Gasteiger partial charge in [-0.1, -0.05) is 12.1 Å².